The van der Waals surface area contributed by atoms with E-state index in [2.05, 4.69) is 10.4 Å². The van der Waals surface area contributed by atoms with Crippen LogP contribution in [0.2, 0.25) is 5.02 Å². The lowest BCUT2D eigenvalue weighted by Crippen LogP contribution is -2.52. The number of aliphatic carboxylic acids is 1. The van der Waals surface area contributed by atoms with Crippen molar-refractivity contribution >= 4 is 35.0 Å². The molecule has 178 valence electrons. The maximum Gasteiger partial charge on any atom is 0.377 e. The van der Waals surface area contributed by atoms with Crippen LogP contribution in [0.4, 0.5) is 24.7 Å². The molecule has 2 fully saturated rings. The van der Waals surface area contributed by atoms with Crippen LogP contribution in [0.1, 0.15) is 47.7 Å². The minimum atomic E-state index is -4.25. The molecular formula is C21H22ClF3N4O4. The highest BCUT2D eigenvalue weighted by molar-refractivity contribution is 6.31. The predicted molar refractivity (Wildman–Crippen MR) is 113 cm³/mol. The Labute approximate surface area is 191 Å². The maximum atomic E-state index is 14.1. The SMILES string of the molecule is Cn1nc(C2CC3CC(O)(C(F)(F)C(=O)O)CC3C2)c(C(=O)Nc2ccc(F)c(Cl)c2)c1N. The van der Waals surface area contributed by atoms with Crippen molar-refractivity contribution in [2.45, 2.75) is 43.1 Å². The summed E-state index contributed by atoms with van der Waals surface area (Å²) < 4.78 is 42.9. The molecule has 1 heterocycles. The summed E-state index contributed by atoms with van der Waals surface area (Å²) in [5.41, 5.74) is 4.24. The van der Waals surface area contributed by atoms with Crippen molar-refractivity contribution in [1.29, 1.82) is 0 Å². The first-order valence-electron chi connectivity index (χ1n) is 10.3. The molecule has 0 aliphatic heterocycles. The Hall–Kier alpha value is -2.79. The van der Waals surface area contributed by atoms with Crippen molar-refractivity contribution in [3.05, 3.63) is 40.3 Å². The molecule has 33 heavy (non-hydrogen) atoms. The van der Waals surface area contributed by atoms with Crippen LogP contribution < -0.4 is 11.1 Å². The second kappa shape index (κ2) is 7.91. The quantitative estimate of drug-likeness (QED) is 0.512. The zero-order valence-electron chi connectivity index (χ0n) is 17.5. The van der Waals surface area contributed by atoms with Gasteiger partial charge in [0.05, 0.1) is 10.7 Å². The first-order chi connectivity index (χ1) is 15.3. The highest BCUT2D eigenvalue weighted by Gasteiger charge is 2.65. The van der Waals surface area contributed by atoms with E-state index in [4.69, 9.17) is 22.4 Å². The van der Waals surface area contributed by atoms with Crippen LogP contribution in [0.25, 0.3) is 0 Å². The molecular weight excluding hydrogens is 465 g/mol. The molecule has 2 unspecified atom stereocenters. The number of carboxylic acid groups (broad SMARTS) is 1. The molecule has 0 saturated heterocycles. The van der Waals surface area contributed by atoms with Crippen LogP contribution >= 0.6 is 11.6 Å². The van der Waals surface area contributed by atoms with Gasteiger partial charge in [-0.15, -0.1) is 0 Å². The first-order valence-corrected chi connectivity index (χ1v) is 10.6. The highest BCUT2D eigenvalue weighted by atomic mass is 35.5. The van der Waals surface area contributed by atoms with Gasteiger partial charge in [-0.25, -0.2) is 9.18 Å². The van der Waals surface area contributed by atoms with Gasteiger partial charge < -0.3 is 21.3 Å². The topological polar surface area (TPSA) is 130 Å². The number of nitrogens with zero attached hydrogens (tertiary/aromatic N) is 2. The van der Waals surface area contributed by atoms with E-state index in [1.807, 2.05) is 0 Å². The number of alkyl halides is 2. The second-order valence-corrected chi connectivity index (χ2v) is 9.27. The predicted octanol–water partition coefficient (Wildman–Crippen LogP) is 3.40. The van der Waals surface area contributed by atoms with E-state index in [0.717, 1.165) is 6.07 Å². The number of halogens is 4. The van der Waals surface area contributed by atoms with Gasteiger partial charge in [0.1, 0.15) is 22.8 Å². The molecule has 2 aromatic rings. The number of hydrogen-bond donors (Lipinski definition) is 4. The normalized spacial score (nSPS) is 26.9. The minimum Gasteiger partial charge on any atom is -0.477 e. The summed E-state index contributed by atoms with van der Waals surface area (Å²) in [7, 11) is 1.56. The van der Waals surface area contributed by atoms with Crippen LogP contribution in [0, 0.1) is 17.7 Å². The molecule has 12 heteroatoms. The van der Waals surface area contributed by atoms with Gasteiger partial charge in [0, 0.05) is 18.7 Å². The molecule has 5 N–H and O–H groups in total. The van der Waals surface area contributed by atoms with Crippen molar-refractivity contribution in [3.8, 4) is 0 Å². The third-order valence-electron chi connectivity index (χ3n) is 6.80. The lowest BCUT2D eigenvalue weighted by Gasteiger charge is -2.30. The number of amides is 1. The van der Waals surface area contributed by atoms with Gasteiger partial charge in [0.25, 0.3) is 5.91 Å². The number of hydrogen-bond acceptors (Lipinski definition) is 5. The fourth-order valence-electron chi connectivity index (χ4n) is 5.19. The van der Waals surface area contributed by atoms with Crippen molar-refractivity contribution in [1.82, 2.24) is 9.78 Å². The van der Waals surface area contributed by atoms with E-state index < -0.39 is 29.2 Å². The number of nitrogens with two attached hydrogens (primary N) is 1. The molecule has 0 radical (unpaired) electrons. The highest BCUT2D eigenvalue weighted by Crippen LogP contribution is 2.57. The standard InChI is InChI=1S/C21H22ClF3N4O4/c1-29-17(26)15(18(30)27-12-2-3-14(23)13(22)6-12)16(28-29)9-4-10-7-20(33,8-11(10)5-9)21(24,25)19(31)32/h2-3,6,9-11,33H,4-5,7-8,26H2,1H3,(H,27,30)(H,31,32). The molecule has 8 nitrogen and oxygen atoms in total. The molecule has 2 saturated carbocycles. The molecule has 2 aliphatic rings. The molecule has 4 rings (SSSR count). The van der Waals surface area contributed by atoms with Gasteiger partial charge in [0.2, 0.25) is 0 Å². The van der Waals surface area contributed by atoms with Gasteiger partial charge in [-0.05, 0) is 55.7 Å². The molecule has 0 bridgehead atoms. The number of nitrogen functional groups attached to an aromatic ring is 1. The zero-order chi connectivity index (χ0) is 24.3. The fraction of sp³-hybridized carbons (Fsp3) is 0.476. The number of aromatic nitrogens is 2. The van der Waals surface area contributed by atoms with Crippen molar-refractivity contribution in [2.75, 3.05) is 11.1 Å². The number of rotatable bonds is 5. The summed E-state index contributed by atoms with van der Waals surface area (Å²) in [4.78, 5) is 24.0. The van der Waals surface area contributed by atoms with E-state index in [1.54, 1.807) is 7.05 Å². The number of aliphatic hydroxyl groups is 1. The number of carboxylic acids is 1. The van der Waals surface area contributed by atoms with Gasteiger partial charge in [-0.2, -0.15) is 13.9 Å². The van der Waals surface area contributed by atoms with Crippen molar-refractivity contribution in [3.63, 3.8) is 0 Å². The third kappa shape index (κ3) is 3.82. The minimum absolute atomic E-state index is 0.0988. The molecule has 1 aromatic carbocycles. The van der Waals surface area contributed by atoms with E-state index in [-0.39, 0.29) is 52.7 Å². The number of benzene rings is 1. The summed E-state index contributed by atoms with van der Waals surface area (Å²) in [6.45, 7) is 0. The van der Waals surface area contributed by atoms with Crippen LogP contribution in [0.5, 0.6) is 0 Å². The molecule has 2 atom stereocenters. The van der Waals surface area contributed by atoms with E-state index in [9.17, 15) is 27.9 Å². The average Bonchev–Trinajstić information content (AvgIpc) is 3.34. The number of nitrogens with one attached hydrogen (secondary N) is 1. The third-order valence-corrected chi connectivity index (χ3v) is 7.09. The van der Waals surface area contributed by atoms with Crippen LogP contribution in [0.3, 0.4) is 0 Å². The number of carbonyl (C=O) groups excluding carboxylic acids is 1. The van der Waals surface area contributed by atoms with E-state index in [1.165, 1.54) is 16.8 Å². The zero-order valence-corrected chi connectivity index (χ0v) is 18.2. The van der Waals surface area contributed by atoms with Gasteiger partial charge in [0.15, 0.2) is 0 Å². The Morgan fingerprint density at radius 1 is 1.30 bits per heavy atom. The van der Waals surface area contributed by atoms with Crippen molar-refractivity contribution < 1.29 is 33.0 Å². The number of aryl methyl sites for hydroxylation is 1. The average molecular weight is 487 g/mol. The van der Waals surface area contributed by atoms with Crippen LogP contribution in [-0.2, 0) is 11.8 Å². The lowest BCUT2D eigenvalue weighted by atomic mass is 9.87. The van der Waals surface area contributed by atoms with Gasteiger partial charge in [-0.3, -0.25) is 9.48 Å². The number of anilines is 2. The summed E-state index contributed by atoms with van der Waals surface area (Å²) in [6, 6.07) is 3.71. The second-order valence-electron chi connectivity index (χ2n) is 8.86. The number of carbonyl (C=O) groups is 2. The largest absolute Gasteiger partial charge is 0.477 e. The first kappa shape index (κ1) is 23.4. The van der Waals surface area contributed by atoms with Crippen LogP contribution in [-0.4, -0.2) is 43.4 Å². The molecule has 0 spiro atoms. The Kier molecular flexibility index (Phi) is 5.60. The molecule has 1 amide bonds. The molecule has 2 aliphatic carbocycles. The fourth-order valence-corrected chi connectivity index (χ4v) is 5.37. The van der Waals surface area contributed by atoms with E-state index >= 15 is 0 Å². The van der Waals surface area contributed by atoms with Crippen LogP contribution in [0.15, 0.2) is 18.2 Å². The number of fused-ring (bicyclic) bond motifs is 1. The van der Waals surface area contributed by atoms with Gasteiger partial charge >= 0.3 is 11.9 Å². The maximum absolute atomic E-state index is 14.1. The smallest absolute Gasteiger partial charge is 0.377 e. The summed E-state index contributed by atoms with van der Waals surface area (Å²) in [6.07, 6.45) is -0.0135. The Bertz CT molecular complexity index is 1120. The van der Waals surface area contributed by atoms with E-state index in [0.29, 0.717) is 18.5 Å². The monoisotopic (exact) mass is 486 g/mol. The summed E-state index contributed by atoms with van der Waals surface area (Å²) in [5, 5.41) is 26.0. The Morgan fingerprint density at radius 3 is 2.45 bits per heavy atom. The lowest BCUT2D eigenvalue weighted by molar-refractivity contribution is -0.208. The Morgan fingerprint density at radius 2 is 1.91 bits per heavy atom. The Balaban J connectivity index is 1.55. The molecule has 1 aromatic heterocycles. The van der Waals surface area contributed by atoms with Crippen molar-refractivity contribution in [2.24, 2.45) is 18.9 Å². The summed E-state index contributed by atoms with van der Waals surface area (Å²) in [5.74, 6) is -8.69. The van der Waals surface area contributed by atoms with Gasteiger partial charge in [-0.1, -0.05) is 11.6 Å². The summed E-state index contributed by atoms with van der Waals surface area (Å²) >= 11 is 5.76.